The number of nitrogens with one attached hydrogen (secondary N) is 1. The highest BCUT2D eigenvalue weighted by molar-refractivity contribution is 5.89. The van der Waals surface area contributed by atoms with E-state index in [2.05, 4.69) is 13.8 Å². The van der Waals surface area contributed by atoms with Gasteiger partial charge in [0, 0.05) is 0 Å². The van der Waals surface area contributed by atoms with E-state index < -0.39 is 11.8 Å². The number of carbonyl (C=O) groups excluding carboxylic acids is 1. The summed E-state index contributed by atoms with van der Waals surface area (Å²) in [4.78, 5) is 12.9. The third-order valence-electron chi connectivity index (χ3n) is 2.75. The Morgan fingerprint density at radius 2 is 2.06 bits per heavy atom. The van der Waals surface area contributed by atoms with Crippen LogP contribution in [0.2, 0.25) is 0 Å². The number of esters is 1. The van der Waals surface area contributed by atoms with Gasteiger partial charge in [0.25, 0.3) is 0 Å². The lowest BCUT2D eigenvalue weighted by Gasteiger charge is -2.14. The predicted molar refractivity (Wildman–Crippen MR) is 63.6 cm³/mol. The second-order valence-electron chi connectivity index (χ2n) is 3.85. The van der Waals surface area contributed by atoms with Crippen LogP contribution in [0.1, 0.15) is 24.2 Å². The zero-order valence-corrected chi connectivity index (χ0v) is 10.3. The van der Waals surface area contributed by atoms with Crippen molar-refractivity contribution in [2.24, 2.45) is 0 Å². The molecule has 0 radical (unpaired) electrons. The first kappa shape index (κ1) is 13.6. The second-order valence-corrected chi connectivity index (χ2v) is 3.85. The highest BCUT2D eigenvalue weighted by atomic mass is 19.1. The summed E-state index contributed by atoms with van der Waals surface area (Å²) >= 11 is 0. The number of rotatable bonds is 6. The van der Waals surface area contributed by atoms with Gasteiger partial charge in [0.1, 0.15) is 19.0 Å². The van der Waals surface area contributed by atoms with E-state index in [1.54, 1.807) is 6.07 Å². The zero-order chi connectivity index (χ0) is 12.7. The lowest BCUT2D eigenvalue weighted by molar-refractivity contribution is -0.896. The fourth-order valence-corrected chi connectivity index (χ4v) is 1.59. The first-order valence-electron chi connectivity index (χ1n) is 5.93. The number of quaternary nitrogens is 1. The van der Waals surface area contributed by atoms with Crippen molar-refractivity contribution in [3.63, 3.8) is 0 Å². The Morgan fingerprint density at radius 3 is 2.65 bits per heavy atom. The minimum Gasteiger partial charge on any atom is -0.456 e. The van der Waals surface area contributed by atoms with Gasteiger partial charge in [-0.05, 0) is 32.0 Å². The van der Waals surface area contributed by atoms with Crippen molar-refractivity contribution < 1.29 is 18.8 Å². The molecule has 0 aliphatic heterocycles. The van der Waals surface area contributed by atoms with Crippen LogP contribution in [0.4, 0.5) is 4.39 Å². The molecule has 94 valence electrons. The Kier molecular flexibility index (Phi) is 5.63. The first-order chi connectivity index (χ1) is 8.17. The van der Waals surface area contributed by atoms with Crippen molar-refractivity contribution in [2.45, 2.75) is 13.8 Å². The van der Waals surface area contributed by atoms with Crippen molar-refractivity contribution in [1.82, 2.24) is 0 Å². The van der Waals surface area contributed by atoms with Crippen LogP contribution in [-0.2, 0) is 4.74 Å². The van der Waals surface area contributed by atoms with Crippen LogP contribution in [-0.4, -0.2) is 32.2 Å². The van der Waals surface area contributed by atoms with Crippen LogP contribution in [0, 0.1) is 5.82 Å². The molecule has 0 aromatic heterocycles. The normalized spacial score (nSPS) is 10.6. The largest absolute Gasteiger partial charge is 0.456 e. The quantitative estimate of drug-likeness (QED) is 0.749. The van der Waals surface area contributed by atoms with Gasteiger partial charge in [0.05, 0.1) is 18.7 Å². The minimum absolute atomic E-state index is 0.263. The smallest absolute Gasteiger partial charge is 0.338 e. The molecule has 1 aromatic carbocycles. The summed E-state index contributed by atoms with van der Waals surface area (Å²) in [5, 5.41) is 0. The molecule has 0 spiro atoms. The number of hydrogen-bond donors (Lipinski definition) is 1. The molecule has 0 unspecified atom stereocenters. The number of likely N-dealkylation sites (N-methyl/N-ethyl adjacent to an activating group) is 1. The average Bonchev–Trinajstić information content (AvgIpc) is 2.34. The van der Waals surface area contributed by atoms with Crippen LogP contribution >= 0.6 is 0 Å². The number of benzene rings is 1. The molecule has 1 aromatic rings. The fourth-order valence-electron chi connectivity index (χ4n) is 1.59. The molecule has 4 heteroatoms. The third-order valence-corrected chi connectivity index (χ3v) is 2.75. The maximum atomic E-state index is 12.9. The molecule has 0 aliphatic carbocycles. The topological polar surface area (TPSA) is 30.7 Å². The molecule has 0 saturated carbocycles. The Hall–Kier alpha value is -1.42. The molecule has 0 bridgehead atoms. The lowest BCUT2D eigenvalue weighted by Crippen LogP contribution is -3.11. The second kappa shape index (κ2) is 7.01. The van der Waals surface area contributed by atoms with Crippen LogP contribution in [0.3, 0.4) is 0 Å². The monoisotopic (exact) mass is 240 g/mol. The van der Waals surface area contributed by atoms with Gasteiger partial charge in [-0.2, -0.15) is 0 Å². The molecule has 0 aliphatic rings. The lowest BCUT2D eigenvalue weighted by atomic mass is 10.2. The molecule has 17 heavy (non-hydrogen) atoms. The Balaban J connectivity index is 2.40. The number of halogens is 1. The predicted octanol–water partition coefficient (Wildman–Crippen LogP) is 0.907. The summed E-state index contributed by atoms with van der Waals surface area (Å²) in [6, 6.07) is 5.54. The standard InChI is InChI=1S/C13H18FNO2/c1-3-15(4-2)8-9-17-13(16)11-6-5-7-12(14)10-11/h5-7,10H,3-4,8-9H2,1-2H3/p+1. The van der Waals surface area contributed by atoms with E-state index in [9.17, 15) is 9.18 Å². The summed E-state index contributed by atoms with van der Waals surface area (Å²) in [7, 11) is 0. The number of carbonyl (C=O) groups is 1. The molecule has 0 saturated heterocycles. The van der Waals surface area contributed by atoms with Gasteiger partial charge >= 0.3 is 5.97 Å². The molecule has 1 N–H and O–H groups in total. The van der Waals surface area contributed by atoms with Crippen molar-refractivity contribution in [1.29, 1.82) is 0 Å². The van der Waals surface area contributed by atoms with Gasteiger partial charge in [-0.1, -0.05) is 6.07 Å². The zero-order valence-electron chi connectivity index (χ0n) is 10.3. The summed E-state index contributed by atoms with van der Waals surface area (Å²) in [6.07, 6.45) is 0. The van der Waals surface area contributed by atoms with E-state index in [1.807, 2.05) is 0 Å². The average molecular weight is 240 g/mol. The van der Waals surface area contributed by atoms with Crippen LogP contribution < -0.4 is 4.90 Å². The van der Waals surface area contributed by atoms with E-state index in [0.717, 1.165) is 19.6 Å². The third kappa shape index (κ3) is 4.53. The van der Waals surface area contributed by atoms with Crippen molar-refractivity contribution in [2.75, 3.05) is 26.2 Å². The number of hydrogen-bond acceptors (Lipinski definition) is 2. The molecule has 1 rings (SSSR count). The minimum atomic E-state index is -0.462. The highest BCUT2D eigenvalue weighted by Crippen LogP contribution is 2.04. The molecule has 0 heterocycles. The van der Waals surface area contributed by atoms with Crippen LogP contribution in [0.5, 0.6) is 0 Å². The van der Waals surface area contributed by atoms with E-state index in [1.165, 1.54) is 23.1 Å². The van der Waals surface area contributed by atoms with Crippen molar-refractivity contribution >= 4 is 5.97 Å². The molecule has 0 atom stereocenters. The molecule has 0 fully saturated rings. The van der Waals surface area contributed by atoms with Crippen molar-refractivity contribution in [3.8, 4) is 0 Å². The van der Waals surface area contributed by atoms with Gasteiger partial charge in [0.15, 0.2) is 0 Å². The molecule has 0 amide bonds. The summed E-state index contributed by atoms with van der Waals surface area (Å²) < 4.78 is 18.0. The maximum Gasteiger partial charge on any atom is 0.338 e. The van der Waals surface area contributed by atoms with Crippen molar-refractivity contribution in [3.05, 3.63) is 35.6 Å². The first-order valence-corrected chi connectivity index (χ1v) is 5.93. The molecular formula is C13H19FNO2+. The Labute approximate surface area is 101 Å². The van der Waals surface area contributed by atoms with Gasteiger partial charge in [-0.15, -0.1) is 0 Å². The van der Waals surface area contributed by atoms with E-state index in [-0.39, 0.29) is 5.56 Å². The van der Waals surface area contributed by atoms with E-state index in [4.69, 9.17) is 4.74 Å². The van der Waals surface area contributed by atoms with Gasteiger partial charge in [-0.3, -0.25) is 0 Å². The number of ether oxygens (including phenoxy) is 1. The van der Waals surface area contributed by atoms with E-state index in [0.29, 0.717) is 6.61 Å². The summed E-state index contributed by atoms with van der Waals surface area (Å²) in [5.74, 6) is -0.884. The molecule has 3 nitrogen and oxygen atoms in total. The fraction of sp³-hybridized carbons (Fsp3) is 0.462. The summed E-state index contributed by atoms with van der Waals surface area (Å²) in [5.41, 5.74) is 0.263. The Bertz CT molecular complexity index is 364. The van der Waals surface area contributed by atoms with Crippen LogP contribution in [0.25, 0.3) is 0 Å². The van der Waals surface area contributed by atoms with Gasteiger partial charge in [0.2, 0.25) is 0 Å². The molecular weight excluding hydrogens is 221 g/mol. The summed E-state index contributed by atoms with van der Waals surface area (Å²) in [6.45, 7) is 7.35. The van der Waals surface area contributed by atoms with E-state index >= 15 is 0 Å². The van der Waals surface area contributed by atoms with Gasteiger partial charge in [-0.25, -0.2) is 9.18 Å². The van der Waals surface area contributed by atoms with Gasteiger partial charge < -0.3 is 9.64 Å². The highest BCUT2D eigenvalue weighted by Gasteiger charge is 2.09. The Morgan fingerprint density at radius 1 is 1.35 bits per heavy atom. The SMILES string of the molecule is CC[NH+](CC)CCOC(=O)c1cccc(F)c1. The van der Waals surface area contributed by atoms with Crippen LogP contribution in [0.15, 0.2) is 24.3 Å². The maximum absolute atomic E-state index is 12.9.